The van der Waals surface area contributed by atoms with Gasteiger partial charge in [-0.3, -0.25) is 0 Å². The molecular formula is C15H16B3ClO2. The van der Waals surface area contributed by atoms with Crippen LogP contribution < -0.4 is 16.4 Å². The first kappa shape index (κ1) is 14.5. The minimum absolute atomic E-state index is 0.176. The van der Waals surface area contributed by atoms with Gasteiger partial charge in [0.1, 0.15) is 35.0 Å². The van der Waals surface area contributed by atoms with Crippen LogP contribution in [0.25, 0.3) is 0 Å². The van der Waals surface area contributed by atoms with Crippen LogP contribution in [0, 0.1) is 0 Å². The maximum Gasteiger partial charge on any atom is 0.149 e. The van der Waals surface area contributed by atoms with Crippen LogP contribution in [-0.2, 0) is 6.42 Å². The Balaban J connectivity index is 2.21. The Hall–Kier alpha value is -1.48. The van der Waals surface area contributed by atoms with E-state index < -0.39 is 0 Å². The molecule has 1 atom stereocenters. The highest BCUT2D eigenvalue weighted by atomic mass is 35.5. The molecule has 0 saturated carbocycles. The minimum Gasteiger partial charge on any atom is -0.509 e. The van der Waals surface area contributed by atoms with E-state index in [0.29, 0.717) is 5.46 Å². The molecular weight excluding hydrogens is 280 g/mol. The Morgan fingerprint density at radius 1 is 1.00 bits per heavy atom. The molecule has 1 aliphatic carbocycles. The second-order valence-corrected chi connectivity index (χ2v) is 6.36. The lowest BCUT2D eigenvalue weighted by Crippen LogP contribution is -2.35. The largest absolute Gasteiger partial charge is 0.509 e. The van der Waals surface area contributed by atoms with Crippen LogP contribution in [0.3, 0.4) is 0 Å². The summed E-state index contributed by atoms with van der Waals surface area (Å²) in [6.07, 6.45) is 1.94. The molecule has 0 aliphatic heterocycles. The summed E-state index contributed by atoms with van der Waals surface area (Å²) in [7, 11) is 5.63. The number of phenols is 2. The number of aromatic hydroxyl groups is 2. The highest BCUT2D eigenvalue weighted by molar-refractivity contribution is 6.53. The molecule has 1 aliphatic rings. The molecule has 0 bridgehead atoms. The maximum atomic E-state index is 10.5. The third-order valence-electron chi connectivity index (χ3n) is 4.82. The van der Waals surface area contributed by atoms with Crippen molar-refractivity contribution in [1.29, 1.82) is 0 Å². The van der Waals surface area contributed by atoms with Crippen molar-refractivity contribution in [3.63, 3.8) is 0 Å². The Morgan fingerprint density at radius 2 is 1.71 bits per heavy atom. The van der Waals surface area contributed by atoms with Crippen LogP contribution in [0.4, 0.5) is 0 Å². The molecule has 0 unspecified atom stereocenters. The third kappa shape index (κ3) is 2.15. The predicted octanol–water partition coefficient (Wildman–Crippen LogP) is -1.40. The Bertz CT molecular complexity index is 717. The number of fused-ring (bicyclic) bond motifs is 1. The van der Waals surface area contributed by atoms with Gasteiger partial charge in [-0.1, -0.05) is 28.6 Å². The van der Waals surface area contributed by atoms with Crippen LogP contribution in [0.1, 0.15) is 29.0 Å². The second kappa shape index (κ2) is 5.06. The monoisotopic (exact) mass is 296 g/mol. The van der Waals surface area contributed by atoms with E-state index in [1.54, 1.807) is 7.85 Å². The fraction of sp³-hybridized carbons (Fsp3) is 0.200. The van der Waals surface area contributed by atoms with Crippen LogP contribution in [0.5, 0.6) is 11.5 Å². The highest BCUT2D eigenvalue weighted by Crippen LogP contribution is 2.41. The van der Waals surface area contributed by atoms with Gasteiger partial charge >= 0.3 is 0 Å². The van der Waals surface area contributed by atoms with E-state index in [1.807, 2.05) is 27.8 Å². The van der Waals surface area contributed by atoms with E-state index >= 15 is 0 Å². The van der Waals surface area contributed by atoms with E-state index in [2.05, 4.69) is 6.07 Å². The van der Waals surface area contributed by atoms with Crippen molar-refractivity contribution in [2.75, 3.05) is 0 Å². The molecule has 0 fully saturated rings. The van der Waals surface area contributed by atoms with Gasteiger partial charge in [-0.25, -0.2) is 0 Å². The molecule has 104 valence electrons. The van der Waals surface area contributed by atoms with Crippen molar-refractivity contribution in [2.24, 2.45) is 0 Å². The van der Waals surface area contributed by atoms with E-state index in [9.17, 15) is 10.2 Å². The summed E-state index contributed by atoms with van der Waals surface area (Å²) in [6.45, 7) is 0. The molecule has 2 nitrogen and oxygen atoms in total. The zero-order valence-corrected chi connectivity index (χ0v) is 13.3. The Kier molecular flexibility index (Phi) is 3.49. The molecule has 0 amide bonds. The smallest absolute Gasteiger partial charge is 0.149 e. The summed E-state index contributed by atoms with van der Waals surface area (Å²) in [6, 6.07) is 5.99. The van der Waals surface area contributed by atoms with E-state index in [-0.39, 0.29) is 17.4 Å². The Labute approximate surface area is 132 Å². The quantitative estimate of drug-likeness (QED) is 0.636. The number of rotatable bonds is 1. The fourth-order valence-corrected chi connectivity index (χ4v) is 3.66. The molecule has 0 aromatic heterocycles. The second-order valence-electron chi connectivity index (χ2n) is 5.92. The summed E-state index contributed by atoms with van der Waals surface area (Å²) in [5.41, 5.74) is 5.84. The average molecular weight is 296 g/mol. The zero-order chi connectivity index (χ0) is 15.3. The van der Waals surface area contributed by atoms with Gasteiger partial charge in [0.15, 0.2) is 0 Å². The van der Waals surface area contributed by atoms with Crippen molar-refractivity contribution >= 4 is 51.5 Å². The standard InChI is InChI=1S/C15H16B3ClO2/c16-11-10(14(20)13(18)15(21)12(11)17)9-3-1-6-5-7(19)2-4-8(6)9/h2,4-5,9,20-21H,1,3,16-18H2/t9-/m1/s1. The van der Waals surface area contributed by atoms with Crippen LogP contribution >= 0.6 is 11.6 Å². The first-order chi connectivity index (χ1) is 9.91. The van der Waals surface area contributed by atoms with Crippen LogP contribution in [-0.4, -0.2) is 33.8 Å². The first-order valence-electron chi connectivity index (χ1n) is 7.21. The van der Waals surface area contributed by atoms with Gasteiger partial charge in [0.05, 0.1) is 0 Å². The van der Waals surface area contributed by atoms with Crippen LogP contribution in [0.15, 0.2) is 18.2 Å². The highest BCUT2D eigenvalue weighted by Gasteiger charge is 2.29. The number of aryl methyl sites for hydroxylation is 1. The van der Waals surface area contributed by atoms with Gasteiger partial charge < -0.3 is 10.2 Å². The number of hydrogen-bond acceptors (Lipinski definition) is 2. The van der Waals surface area contributed by atoms with Crippen LogP contribution in [0.2, 0.25) is 5.02 Å². The number of hydrogen-bond donors (Lipinski definition) is 2. The summed E-state index contributed by atoms with van der Waals surface area (Å²) in [5, 5.41) is 21.4. The van der Waals surface area contributed by atoms with Gasteiger partial charge in [-0.05, 0) is 47.1 Å². The molecule has 2 aromatic rings. The fourth-order valence-electron chi connectivity index (χ4n) is 3.46. The summed E-state index contributed by atoms with van der Waals surface area (Å²) in [5.74, 6) is 0.599. The summed E-state index contributed by atoms with van der Waals surface area (Å²) >= 11 is 6.07. The van der Waals surface area contributed by atoms with E-state index in [0.717, 1.165) is 34.4 Å². The lowest BCUT2D eigenvalue weighted by atomic mass is 9.69. The number of halogens is 1. The lowest BCUT2D eigenvalue weighted by molar-refractivity contribution is 0.455. The van der Waals surface area contributed by atoms with Crippen molar-refractivity contribution in [3.8, 4) is 11.5 Å². The lowest BCUT2D eigenvalue weighted by Gasteiger charge is -2.22. The SMILES string of the molecule is Bc1c(B)c([C@@H]2CCc3cc(Cl)ccc32)c(O)c(B)c1O. The molecule has 0 heterocycles. The van der Waals surface area contributed by atoms with Gasteiger partial charge in [0, 0.05) is 10.9 Å². The van der Waals surface area contributed by atoms with E-state index in [1.165, 1.54) is 11.1 Å². The van der Waals surface area contributed by atoms with Gasteiger partial charge in [-0.15, -0.1) is 0 Å². The van der Waals surface area contributed by atoms with Gasteiger partial charge in [0.25, 0.3) is 0 Å². The van der Waals surface area contributed by atoms with E-state index in [4.69, 9.17) is 11.6 Å². The van der Waals surface area contributed by atoms with Gasteiger partial charge in [-0.2, -0.15) is 0 Å². The average Bonchev–Trinajstić information content (AvgIpc) is 2.86. The van der Waals surface area contributed by atoms with Crippen molar-refractivity contribution in [2.45, 2.75) is 18.8 Å². The molecule has 0 saturated heterocycles. The normalized spacial score (nSPS) is 16.9. The third-order valence-corrected chi connectivity index (χ3v) is 5.05. The van der Waals surface area contributed by atoms with Crippen molar-refractivity contribution < 1.29 is 10.2 Å². The molecule has 2 aromatic carbocycles. The molecule has 0 radical (unpaired) electrons. The molecule has 3 rings (SSSR count). The van der Waals surface area contributed by atoms with Gasteiger partial charge in [0.2, 0.25) is 0 Å². The maximum absolute atomic E-state index is 10.5. The molecule has 21 heavy (non-hydrogen) atoms. The minimum atomic E-state index is 0.176. The molecule has 2 N–H and O–H groups in total. The predicted molar refractivity (Wildman–Crippen MR) is 95.9 cm³/mol. The molecule has 0 spiro atoms. The number of benzene rings is 2. The summed E-state index contributed by atoms with van der Waals surface area (Å²) in [4.78, 5) is 0. The Morgan fingerprint density at radius 3 is 2.43 bits per heavy atom. The van der Waals surface area contributed by atoms with Crippen molar-refractivity contribution in [1.82, 2.24) is 0 Å². The topological polar surface area (TPSA) is 40.5 Å². The molecule has 6 heteroatoms. The zero-order valence-electron chi connectivity index (χ0n) is 12.5. The number of phenolic OH excluding ortho intramolecular Hbond substituents is 2. The first-order valence-corrected chi connectivity index (χ1v) is 7.59. The summed E-state index contributed by atoms with van der Waals surface area (Å²) < 4.78 is 0. The van der Waals surface area contributed by atoms with Crippen molar-refractivity contribution in [3.05, 3.63) is 39.9 Å².